The van der Waals surface area contributed by atoms with E-state index in [0.29, 0.717) is 11.1 Å². The zero-order chi connectivity index (χ0) is 21.0. The summed E-state index contributed by atoms with van der Waals surface area (Å²) >= 11 is 0. The second kappa shape index (κ2) is 6.41. The molecule has 2 N–H and O–H groups in total. The number of imide groups is 1. The zero-order valence-electron chi connectivity index (χ0n) is 16.5. The van der Waals surface area contributed by atoms with E-state index in [1.807, 2.05) is 0 Å². The number of hydrogen-bond acceptors (Lipinski definition) is 6. The molecule has 2 saturated heterocycles. The van der Waals surface area contributed by atoms with Crippen LogP contribution in [0.2, 0.25) is 0 Å². The number of benzene rings is 1. The van der Waals surface area contributed by atoms with Gasteiger partial charge in [0.15, 0.2) is 0 Å². The normalized spacial score (nSPS) is 29.8. The lowest BCUT2D eigenvalue weighted by molar-refractivity contribution is -0.152. The first-order chi connectivity index (χ1) is 12.9. The standard InChI is InChI=1S/C20H24N2O6/c1-19(2,3)22-15(23)12-13(16(22)24)20(4,18(26)27)21-14(12)10-6-8-11(9-7-10)17(25)28-5/h6-9,12-14,21H,1-5H3,(H,26,27). The number of carbonyl (C=O) groups is 4. The zero-order valence-corrected chi connectivity index (χ0v) is 16.5. The second-order valence-electron chi connectivity index (χ2n) is 8.43. The number of carboxylic acid groups (broad SMARTS) is 1. The van der Waals surface area contributed by atoms with E-state index >= 15 is 0 Å². The molecule has 0 aliphatic carbocycles. The first-order valence-electron chi connectivity index (χ1n) is 9.00. The Morgan fingerprint density at radius 1 is 1.14 bits per heavy atom. The molecule has 0 saturated carbocycles. The summed E-state index contributed by atoms with van der Waals surface area (Å²) in [5.41, 5.74) is -1.36. The largest absolute Gasteiger partial charge is 0.480 e. The summed E-state index contributed by atoms with van der Waals surface area (Å²) in [4.78, 5) is 51.1. The van der Waals surface area contributed by atoms with E-state index in [1.54, 1.807) is 45.0 Å². The topological polar surface area (TPSA) is 113 Å². The minimum absolute atomic E-state index is 0.340. The smallest absolute Gasteiger partial charge is 0.337 e. The van der Waals surface area contributed by atoms with Crippen LogP contribution in [0.3, 0.4) is 0 Å². The number of ether oxygens (including phenoxy) is 1. The van der Waals surface area contributed by atoms with E-state index in [9.17, 15) is 24.3 Å². The van der Waals surface area contributed by atoms with Crippen molar-refractivity contribution in [2.75, 3.05) is 7.11 Å². The molecule has 4 unspecified atom stereocenters. The monoisotopic (exact) mass is 388 g/mol. The van der Waals surface area contributed by atoms with Gasteiger partial charge in [0.2, 0.25) is 11.8 Å². The molecule has 28 heavy (non-hydrogen) atoms. The summed E-state index contributed by atoms with van der Waals surface area (Å²) in [6, 6.07) is 5.73. The Morgan fingerprint density at radius 3 is 2.18 bits per heavy atom. The lowest BCUT2D eigenvalue weighted by Gasteiger charge is -2.34. The summed E-state index contributed by atoms with van der Waals surface area (Å²) in [6.45, 7) is 6.67. The third-order valence-electron chi connectivity index (χ3n) is 5.59. The molecule has 1 aromatic rings. The van der Waals surface area contributed by atoms with Crippen molar-refractivity contribution in [1.29, 1.82) is 0 Å². The summed E-state index contributed by atoms with van der Waals surface area (Å²) in [7, 11) is 1.28. The molecule has 0 aromatic heterocycles. The highest BCUT2D eigenvalue weighted by Crippen LogP contribution is 2.50. The van der Waals surface area contributed by atoms with Crippen molar-refractivity contribution in [3.63, 3.8) is 0 Å². The van der Waals surface area contributed by atoms with Gasteiger partial charge < -0.3 is 9.84 Å². The first kappa shape index (κ1) is 20.0. The molecule has 8 heteroatoms. The lowest BCUT2D eigenvalue weighted by atomic mass is 9.80. The quantitative estimate of drug-likeness (QED) is 0.594. The maximum absolute atomic E-state index is 13.2. The number of nitrogens with zero attached hydrogens (tertiary/aromatic N) is 1. The Balaban J connectivity index is 2.06. The SMILES string of the molecule is COC(=O)c1ccc(C2NC(C)(C(=O)O)C3C(=O)N(C(C)(C)C)C(=O)C23)cc1. The molecule has 3 rings (SSSR count). The van der Waals surface area contributed by atoms with E-state index in [-0.39, 0.29) is 5.91 Å². The van der Waals surface area contributed by atoms with E-state index in [4.69, 9.17) is 0 Å². The molecule has 2 aliphatic heterocycles. The number of hydrogen-bond donors (Lipinski definition) is 2. The fourth-order valence-corrected chi connectivity index (χ4v) is 4.23. The average Bonchev–Trinajstić information content (AvgIpc) is 3.08. The van der Waals surface area contributed by atoms with Gasteiger partial charge in [-0.3, -0.25) is 24.6 Å². The van der Waals surface area contributed by atoms with Gasteiger partial charge in [0, 0.05) is 11.6 Å². The van der Waals surface area contributed by atoms with E-state index in [2.05, 4.69) is 10.1 Å². The van der Waals surface area contributed by atoms with E-state index < -0.39 is 46.8 Å². The highest BCUT2D eigenvalue weighted by atomic mass is 16.5. The highest BCUT2D eigenvalue weighted by Gasteiger charge is 2.67. The van der Waals surface area contributed by atoms with Crippen LogP contribution in [0.1, 0.15) is 49.7 Å². The number of methoxy groups -OCH3 is 1. The maximum atomic E-state index is 13.2. The molecule has 150 valence electrons. The van der Waals surface area contributed by atoms with Crippen molar-refractivity contribution in [2.45, 2.75) is 44.8 Å². The molecule has 1 aromatic carbocycles. The molecular weight excluding hydrogens is 364 g/mol. The minimum Gasteiger partial charge on any atom is -0.480 e. The van der Waals surface area contributed by atoms with Crippen LogP contribution >= 0.6 is 0 Å². The van der Waals surface area contributed by atoms with E-state index in [0.717, 1.165) is 0 Å². The van der Waals surface area contributed by atoms with Gasteiger partial charge in [-0.05, 0) is 45.4 Å². The number of rotatable bonds is 3. The molecule has 0 radical (unpaired) electrons. The molecular formula is C20H24N2O6. The number of carbonyl (C=O) groups excluding carboxylic acids is 3. The summed E-state index contributed by atoms with van der Waals surface area (Å²) < 4.78 is 4.68. The van der Waals surface area contributed by atoms with Crippen LogP contribution in [-0.4, -0.2) is 51.9 Å². The Kier molecular flexibility index (Phi) is 4.58. The molecule has 2 aliphatic rings. The predicted molar refractivity (Wildman–Crippen MR) is 98.3 cm³/mol. The Morgan fingerprint density at radius 2 is 1.71 bits per heavy atom. The van der Waals surface area contributed by atoms with Gasteiger partial charge in [-0.15, -0.1) is 0 Å². The van der Waals surface area contributed by atoms with Gasteiger partial charge in [0.1, 0.15) is 5.54 Å². The van der Waals surface area contributed by atoms with Gasteiger partial charge in [-0.25, -0.2) is 4.79 Å². The molecule has 2 heterocycles. The number of nitrogens with one attached hydrogen (secondary N) is 1. The minimum atomic E-state index is -1.58. The summed E-state index contributed by atoms with van der Waals surface area (Å²) in [5.74, 6) is -4.40. The van der Waals surface area contributed by atoms with Crippen LogP contribution in [0, 0.1) is 11.8 Å². The predicted octanol–water partition coefficient (Wildman–Crippen LogP) is 1.36. The van der Waals surface area contributed by atoms with Crippen LogP contribution in [0.4, 0.5) is 0 Å². The van der Waals surface area contributed by atoms with Crippen molar-refractivity contribution in [2.24, 2.45) is 11.8 Å². The lowest BCUT2D eigenvalue weighted by Crippen LogP contribution is -2.55. The molecule has 0 spiro atoms. The number of likely N-dealkylation sites (tertiary alicyclic amines) is 1. The number of aliphatic carboxylic acids is 1. The van der Waals surface area contributed by atoms with Crippen LogP contribution in [0.5, 0.6) is 0 Å². The van der Waals surface area contributed by atoms with Crippen LogP contribution in [0.25, 0.3) is 0 Å². The number of fused-ring (bicyclic) bond motifs is 1. The number of carboxylic acids is 1. The van der Waals surface area contributed by atoms with E-state index in [1.165, 1.54) is 18.9 Å². The second-order valence-corrected chi connectivity index (χ2v) is 8.43. The maximum Gasteiger partial charge on any atom is 0.337 e. The number of amides is 2. The first-order valence-corrected chi connectivity index (χ1v) is 9.00. The summed E-state index contributed by atoms with van der Waals surface area (Å²) in [6.07, 6.45) is 0. The highest BCUT2D eigenvalue weighted by molar-refractivity contribution is 6.10. The Labute approximate surface area is 162 Å². The van der Waals surface area contributed by atoms with Crippen molar-refractivity contribution in [1.82, 2.24) is 10.2 Å². The molecule has 0 bridgehead atoms. The van der Waals surface area contributed by atoms with Gasteiger partial charge in [0.05, 0.1) is 24.5 Å². The third-order valence-corrected chi connectivity index (χ3v) is 5.59. The molecule has 2 amide bonds. The van der Waals surface area contributed by atoms with Crippen LogP contribution in [-0.2, 0) is 19.1 Å². The molecule has 8 nitrogen and oxygen atoms in total. The van der Waals surface area contributed by atoms with Crippen molar-refractivity contribution >= 4 is 23.8 Å². The van der Waals surface area contributed by atoms with Gasteiger partial charge in [0.25, 0.3) is 0 Å². The Bertz CT molecular complexity index is 856. The Hall–Kier alpha value is -2.74. The fraction of sp³-hybridized carbons (Fsp3) is 0.500. The van der Waals surface area contributed by atoms with Gasteiger partial charge in [-0.2, -0.15) is 0 Å². The van der Waals surface area contributed by atoms with Gasteiger partial charge in [-0.1, -0.05) is 12.1 Å². The molecule has 4 atom stereocenters. The summed E-state index contributed by atoms with van der Waals surface area (Å²) in [5, 5.41) is 12.8. The van der Waals surface area contributed by atoms with Crippen LogP contribution < -0.4 is 5.32 Å². The van der Waals surface area contributed by atoms with Crippen LogP contribution in [0.15, 0.2) is 24.3 Å². The average molecular weight is 388 g/mol. The fourth-order valence-electron chi connectivity index (χ4n) is 4.23. The van der Waals surface area contributed by atoms with Crippen molar-refractivity contribution < 1.29 is 29.0 Å². The van der Waals surface area contributed by atoms with Crippen molar-refractivity contribution in [3.8, 4) is 0 Å². The third kappa shape index (κ3) is 2.79. The molecule has 2 fully saturated rings. The number of esters is 1. The van der Waals surface area contributed by atoms with Gasteiger partial charge >= 0.3 is 11.9 Å². The van der Waals surface area contributed by atoms with Crippen molar-refractivity contribution in [3.05, 3.63) is 35.4 Å².